The maximum Gasteiger partial charge on any atom is 0.254 e. The van der Waals surface area contributed by atoms with E-state index in [9.17, 15) is 4.79 Å². The van der Waals surface area contributed by atoms with Gasteiger partial charge in [-0.3, -0.25) is 9.78 Å². The molecule has 1 aliphatic heterocycles. The monoisotopic (exact) mass is 316 g/mol. The van der Waals surface area contributed by atoms with E-state index in [4.69, 9.17) is 4.74 Å². The lowest BCUT2D eigenvalue weighted by Crippen LogP contribution is -2.23. The molecule has 118 valence electrons. The standard InChI is InChI=1S/C20H16N2O2/c23-20-19-9-8-17(24-18-7-4-10-21-12-18)11-16(19)14-22(20)13-15-5-2-1-3-6-15/h1-12H,13-14H2. The molecule has 4 nitrogen and oxygen atoms in total. The minimum absolute atomic E-state index is 0.0711. The van der Waals surface area contributed by atoms with Gasteiger partial charge in [-0.25, -0.2) is 0 Å². The molecular weight excluding hydrogens is 300 g/mol. The smallest absolute Gasteiger partial charge is 0.254 e. The highest BCUT2D eigenvalue weighted by atomic mass is 16.5. The van der Waals surface area contributed by atoms with Crippen LogP contribution in [0.5, 0.6) is 11.5 Å². The topological polar surface area (TPSA) is 42.4 Å². The van der Waals surface area contributed by atoms with Crippen LogP contribution >= 0.6 is 0 Å². The van der Waals surface area contributed by atoms with Gasteiger partial charge < -0.3 is 9.64 Å². The van der Waals surface area contributed by atoms with Gasteiger partial charge in [-0.15, -0.1) is 0 Å². The second-order valence-electron chi connectivity index (χ2n) is 5.76. The number of pyridine rings is 1. The molecule has 3 aromatic rings. The number of hydrogen-bond acceptors (Lipinski definition) is 3. The Balaban J connectivity index is 1.53. The number of benzene rings is 2. The summed E-state index contributed by atoms with van der Waals surface area (Å²) in [6.45, 7) is 1.22. The molecule has 0 bridgehead atoms. The number of carbonyl (C=O) groups is 1. The van der Waals surface area contributed by atoms with Crippen molar-refractivity contribution in [1.82, 2.24) is 9.88 Å². The molecular formula is C20H16N2O2. The third-order valence-corrected chi connectivity index (χ3v) is 4.04. The highest BCUT2D eigenvalue weighted by molar-refractivity contribution is 5.98. The predicted octanol–water partition coefficient (Wildman–Crippen LogP) is 4.03. The average Bonchev–Trinajstić information content (AvgIpc) is 2.92. The van der Waals surface area contributed by atoms with E-state index in [2.05, 4.69) is 4.98 Å². The first-order valence-electron chi connectivity index (χ1n) is 7.83. The molecule has 2 heterocycles. The Hall–Kier alpha value is -3.14. The summed E-state index contributed by atoms with van der Waals surface area (Å²) in [5, 5.41) is 0. The number of amides is 1. The molecule has 0 unspecified atom stereocenters. The molecule has 0 atom stereocenters. The molecule has 2 aromatic carbocycles. The maximum absolute atomic E-state index is 12.5. The van der Waals surface area contributed by atoms with E-state index < -0.39 is 0 Å². The molecule has 1 amide bonds. The SMILES string of the molecule is O=C1c2ccc(Oc3cccnc3)cc2CN1Cc1ccccc1. The number of fused-ring (bicyclic) bond motifs is 1. The Labute approximate surface area is 140 Å². The van der Waals surface area contributed by atoms with Crippen molar-refractivity contribution in [2.75, 3.05) is 0 Å². The Morgan fingerprint density at radius 1 is 1.00 bits per heavy atom. The maximum atomic E-state index is 12.5. The lowest BCUT2D eigenvalue weighted by molar-refractivity contribution is 0.0766. The summed E-state index contributed by atoms with van der Waals surface area (Å²) in [5.41, 5.74) is 2.88. The van der Waals surface area contributed by atoms with Crippen LogP contribution in [0.2, 0.25) is 0 Å². The summed E-state index contributed by atoms with van der Waals surface area (Å²) in [5.74, 6) is 1.47. The molecule has 0 aliphatic carbocycles. The summed E-state index contributed by atoms with van der Waals surface area (Å²) in [6.07, 6.45) is 3.37. The van der Waals surface area contributed by atoms with Gasteiger partial charge in [0.25, 0.3) is 5.91 Å². The second kappa shape index (κ2) is 6.16. The third kappa shape index (κ3) is 2.86. The van der Waals surface area contributed by atoms with Crippen molar-refractivity contribution in [3.8, 4) is 11.5 Å². The Morgan fingerprint density at radius 2 is 1.88 bits per heavy atom. The molecule has 4 rings (SSSR count). The van der Waals surface area contributed by atoms with Crippen molar-refractivity contribution < 1.29 is 9.53 Å². The molecule has 4 heteroatoms. The second-order valence-corrected chi connectivity index (χ2v) is 5.76. The van der Waals surface area contributed by atoms with Gasteiger partial charge in [0.15, 0.2) is 0 Å². The zero-order chi connectivity index (χ0) is 16.4. The van der Waals surface area contributed by atoms with Gasteiger partial charge in [0.1, 0.15) is 11.5 Å². The molecule has 0 radical (unpaired) electrons. The summed E-state index contributed by atoms with van der Waals surface area (Å²) in [4.78, 5) is 18.4. The van der Waals surface area contributed by atoms with Crippen molar-refractivity contribution in [1.29, 1.82) is 0 Å². The summed E-state index contributed by atoms with van der Waals surface area (Å²) in [7, 11) is 0. The summed E-state index contributed by atoms with van der Waals surface area (Å²) in [6, 6.07) is 19.3. The van der Waals surface area contributed by atoms with Crippen LogP contribution in [-0.4, -0.2) is 15.8 Å². The van der Waals surface area contributed by atoms with Gasteiger partial charge in [0, 0.05) is 24.8 Å². The molecule has 0 saturated heterocycles. The van der Waals surface area contributed by atoms with Crippen LogP contribution in [0.3, 0.4) is 0 Å². The number of nitrogens with zero attached hydrogens (tertiary/aromatic N) is 2. The lowest BCUT2D eigenvalue weighted by atomic mass is 10.1. The minimum atomic E-state index is 0.0711. The Morgan fingerprint density at radius 3 is 2.67 bits per heavy atom. The van der Waals surface area contributed by atoms with Crippen molar-refractivity contribution in [2.45, 2.75) is 13.1 Å². The molecule has 0 fully saturated rings. The molecule has 0 spiro atoms. The van der Waals surface area contributed by atoms with Crippen LogP contribution in [0.15, 0.2) is 73.1 Å². The molecule has 0 N–H and O–H groups in total. The number of carbonyl (C=O) groups excluding carboxylic acids is 1. The highest BCUT2D eigenvalue weighted by Gasteiger charge is 2.27. The Kier molecular flexibility index (Phi) is 3.71. The predicted molar refractivity (Wildman–Crippen MR) is 90.8 cm³/mol. The van der Waals surface area contributed by atoms with Gasteiger partial charge in [-0.1, -0.05) is 30.3 Å². The lowest BCUT2D eigenvalue weighted by Gasteiger charge is -2.15. The van der Waals surface area contributed by atoms with Crippen LogP contribution < -0.4 is 4.74 Å². The van der Waals surface area contributed by atoms with Crippen molar-refractivity contribution in [3.63, 3.8) is 0 Å². The quantitative estimate of drug-likeness (QED) is 0.730. The zero-order valence-electron chi connectivity index (χ0n) is 13.1. The summed E-state index contributed by atoms with van der Waals surface area (Å²) < 4.78 is 5.80. The minimum Gasteiger partial charge on any atom is -0.456 e. The van der Waals surface area contributed by atoms with Crippen LogP contribution in [-0.2, 0) is 13.1 Å². The average molecular weight is 316 g/mol. The van der Waals surface area contributed by atoms with Gasteiger partial charge >= 0.3 is 0 Å². The first kappa shape index (κ1) is 14.5. The number of aromatic nitrogens is 1. The number of hydrogen-bond donors (Lipinski definition) is 0. The van der Waals surface area contributed by atoms with E-state index in [0.717, 1.165) is 22.4 Å². The molecule has 1 aliphatic rings. The van der Waals surface area contributed by atoms with E-state index in [0.29, 0.717) is 18.8 Å². The molecule has 1 aromatic heterocycles. The van der Waals surface area contributed by atoms with E-state index in [-0.39, 0.29) is 5.91 Å². The number of rotatable bonds is 4. The van der Waals surface area contributed by atoms with Crippen LogP contribution in [0, 0.1) is 0 Å². The fraction of sp³-hybridized carbons (Fsp3) is 0.100. The third-order valence-electron chi connectivity index (χ3n) is 4.04. The van der Waals surface area contributed by atoms with E-state index in [1.807, 2.05) is 65.6 Å². The number of ether oxygens (including phenoxy) is 1. The van der Waals surface area contributed by atoms with Crippen LogP contribution in [0.25, 0.3) is 0 Å². The zero-order valence-corrected chi connectivity index (χ0v) is 13.1. The normalized spacial score (nSPS) is 13.0. The summed E-state index contributed by atoms with van der Waals surface area (Å²) >= 11 is 0. The molecule has 24 heavy (non-hydrogen) atoms. The fourth-order valence-electron chi connectivity index (χ4n) is 2.90. The van der Waals surface area contributed by atoms with Crippen molar-refractivity contribution in [2.24, 2.45) is 0 Å². The van der Waals surface area contributed by atoms with E-state index >= 15 is 0 Å². The van der Waals surface area contributed by atoms with Gasteiger partial charge in [0.2, 0.25) is 0 Å². The fourth-order valence-corrected chi connectivity index (χ4v) is 2.90. The van der Waals surface area contributed by atoms with E-state index in [1.165, 1.54) is 0 Å². The first-order valence-corrected chi connectivity index (χ1v) is 7.83. The largest absolute Gasteiger partial charge is 0.456 e. The van der Waals surface area contributed by atoms with Crippen molar-refractivity contribution in [3.05, 3.63) is 89.7 Å². The van der Waals surface area contributed by atoms with Crippen molar-refractivity contribution >= 4 is 5.91 Å². The molecule has 0 saturated carbocycles. The first-order chi connectivity index (χ1) is 11.8. The van der Waals surface area contributed by atoms with Gasteiger partial charge in [0.05, 0.1) is 6.20 Å². The van der Waals surface area contributed by atoms with Crippen LogP contribution in [0.4, 0.5) is 0 Å². The van der Waals surface area contributed by atoms with Gasteiger partial charge in [-0.2, -0.15) is 0 Å². The van der Waals surface area contributed by atoms with E-state index in [1.54, 1.807) is 12.4 Å². The Bertz CT molecular complexity index is 863. The highest BCUT2D eigenvalue weighted by Crippen LogP contribution is 2.29. The van der Waals surface area contributed by atoms with Crippen LogP contribution in [0.1, 0.15) is 21.5 Å². The van der Waals surface area contributed by atoms with Gasteiger partial charge in [-0.05, 0) is 41.5 Å².